The number of carbonyl (C=O) groups excluding carboxylic acids is 1. The van der Waals surface area contributed by atoms with Crippen molar-refractivity contribution < 1.29 is 9.53 Å². The van der Waals surface area contributed by atoms with Gasteiger partial charge in [0, 0.05) is 17.6 Å². The van der Waals surface area contributed by atoms with Gasteiger partial charge in [-0.05, 0) is 41.9 Å². The van der Waals surface area contributed by atoms with Crippen LogP contribution in [-0.4, -0.2) is 18.0 Å². The fraction of sp³-hybridized carbons (Fsp3) is 0.278. The maximum atomic E-state index is 12.6. The highest BCUT2D eigenvalue weighted by molar-refractivity contribution is 9.10. The van der Waals surface area contributed by atoms with Crippen molar-refractivity contribution in [3.05, 3.63) is 64.6 Å². The predicted octanol–water partition coefficient (Wildman–Crippen LogP) is 3.84. The van der Waals surface area contributed by atoms with Crippen LogP contribution in [0.4, 0.5) is 0 Å². The zero-order valence-corrected chi connectivity index (χ0v) is 16.1. The van der Waals surface area contributed by atoms with E-state index >= 15 is 0 Å². The van der Waals surface area contributed by atoms with Crippen LogP contribution in [0.15, 0.2) is 59.1 Å². The molecule has 0 aliphatic rings. The number of ether oxygens (including phenoxy) is 1. The van der Waals surface area contributed by atoms with E-state index in [1.54, 1.807) is 0 Å². The van der Waals surface area contributed by atoms with Gasteiger partial charge in [0.25, 0.3) is 5.91 Å². The molecule has 3 N–H and O–H groups in total. The molecule has 2 aromatic carbocycles. The smallest absolute Gasteiger partial charge is 0.265 e. The molecule has 0 saturated heterocycles. The Labute approximate surface area is 157 Å². The molecule has 130 valence electrons. The zero-order chi connectivity index (χ0) is 16.9. The highest BCUT2D eigenvalue weighted by atomic mass is 79.9. The SMILES string of the molecule is CC(C)(N)CNC(=O)C(Oc1ccccc1Br)c1ccccc1.Cl. The summed E-state index contributed by atoms with van der Waals surface area (Å²) >= 11 is 3.44. The van der Waals surface area contributed by atoms with Crippen molar-refractivity contribution in [1.82, 2.24) is 5.32 Å². The van der Waals surface area contributed by atoms with Gasteiger partial charge in [-0.25, -0.2) is 0 Å². The highest BCUT2D eigenvalue weighted by Gasteiger charge is 2.24. The summed E-state index contributed by atoms with van der Waals surface area (Å²) in [7, 11) is 0. The second kappa shape index (κ2) is 9.06. The molecule has 2 aromatic rings. The number of nitrogens with one attached hydrogen (secondary N) is 1. The number of rotatable bonds is 6. The van der Waals surface area contributed by atoms with Crippen LogP contribution in [0, 0.1) is 0 Å². The Kier molecular flexibility index (Phi) is 7.73. The summed E-state index contributed by atoms with van der Waals surface area (Å²) in [6, 6.07) is 16.9. The Morgan fingerprint density at radius 3 is 2.33 bits per heavy atom. The minimum Gasteiger partial charge on any atom is -0.475 e. The van der Waals surface area contributed by atoms with Gasteiger partial charge in [-0.1, -0.05) is 42.5 Å². The molecule has 1 atom stereocenters. The van der Waals surface area contributed by atoms with Crippen molar-refractivity contribution in [1.29, 1.82) is 0 Å². The summed E-state index contributed by atoms with van der Waals surface area (Å²) in [6.07, 6.45) is -0.739. The van der Waals surface area contributed by atoms with E-state index < -0.39 is 11.6 Å². The lowest BCUT2D eigenvalue weighted by molar-refractivity contribution is -0.128. The average Bonchev–Trinajstić information content (AvgIpc) is 2.52. The van der Waals surface area contributed by atoms with Crippen molar-refractivity contribution >= 4 is 34.2 Å². The van der Waals surface area contributed by atoms with Crippen molar-refractivity contribution in [2.24, 2.45) is 5.73 Å². The number of hydrogen-bond acceptors (Lipinski definition) is 3. The molecule has 1 unspecified atom stereocenters. The fourth-order valence-corrected chi connectivity index (χ4v) is 2.35. The molecule has 0 aliphatic heterocycles. The van der Waals surface area contributed by atoms with Gasteiger partial charge in [-0.2, -0.15) is 0 Å². The van der Waals surface area contributed by atoms with Gasteiger partial charge >= 0.3 is 0 Å². The molecule has 0 radical (unpaired) electrons. The normalized spacial score (nSPS) is 12.0. The number of benzene rings is 2. The van der Waals surface area contributed by atoms with Gasteiger partial charge in [0.2, 0.25) is 6.10 Å². The first-order valence-corrected chi connectivity index (χ1v) is 8.19. The van der Waals surface area contributed by atoms with Crippen LogP contribution in [0.2, 0.25) is 0 Å². The number of amides is 1. The molecule has 0 saturated carbocycles. The number of carbonyl (C=O) groups is 1. The van der Waals surface area contributed by atoms with E-state index in [4.69, 9.17) is 10.5 Å². The number of halogens is 2. The molecular formula is C18H22BrClN2O2. The molecule has 0 aromatic heterocycles. The Bertz CT molecular complexity index is 660. The highest BCUT2D eigenvalue weighted by Crippen LogP contribution is 2.29. The average molecular weight is 414 g/mol. The number of nitrogens with two attached hydrogens (primary N) is 1. The molecule has 4 nitrogen and oxygen atoms in total. The van der Waals surface area contributed by atoms with Crippen molar-refractivity contribution in [2.45, 2.75) is 25.5 Å². The van der Waals surface area contributed by atoms with Crippen LogP contribution in [0.5, 0.6) is 5.75 Å². The van der Waals surface area contributed by atoms with Crippen molar-refractivity contribution in [3.63, 3.8) is 0 Å². The lowest BCUT2D eigenvalue weighted by atomic mass is 10.1. The Hall–Kier alpha value is -1.56. The van der Waals surface area contributed by atoms with E-state index in [2.05, 4.69) is 21.2 Å². The number of para-hydroxylation sites is 1. The molecule has 0 aliphatic carbocycles. The summed E-state index contributed by atoms with van der Waals surface area (Å²) in [4.78, 5) is 12.6. The quantitative estimate of drug-likeness (QED) is 0.756. The summed E-state index contributed by atoms with van der Waals surface area (Å²) < 4.78 is 6.76. The molecule has 0 spiro atoms. The largest absolute Gasteiger partial charge is 0.475 e. The summed E-state index contributed by atoms with van der Waals surface area (Å²) in [5, 5.41) is 2.86. The third-order valence-electron chi connectivity index (χ3n) is 3.14. The molecule has 6 heteroatoms. The van der Waals surface area contributed by atoms with Crippen molar-refractivity contribution in [3.8, 4) is 5.75 Å². The second-order valence-electron chi connectivity index (χ2n) is 6.05. The van der Waals surface area contributed by atoms with Gasteiger partial charge in [0.05, 0.1) is 4.47 Å². The summed E-state index contributed by atoms with van der Waals surface area (Å²) in [5.41, 5.74) is 6.24. The van der Waals surface area contributed by atoms with Gasteiger partial charge < -0.3 is 15.8 Å². The Balaban J connectivity index is 0.00000288. The topological polar surface area (TPSA) is 64.3 Å². The van der Waals surface area contributed by atoms with E-state index in [1.165, 1.54) is 0 Å². The molecule has 1 amide bonds. The van der Waals surface area contributed by atoms with E-state index in [0.29, 0.717) is 12.3 Å². The van der Waals surface area contributed by atoms with E-state index in [9.17, 15) is 4.79 Å². The van der Waals surface area contributed by atoms with Crippen molar-refractivity contribution in [2.75, 3.05) is 6.54 Å². The van der Waals surface area contributed by atoms with E-state index in [1.807, 2.05) is 68.4 Å². The summed E-state index contributed by atoms with van der Waals surface area (Å²) in [5.74, 6) is 0.397. The number of hydrogen-bond donors (Lipinski definition) is 2. The van der Waals surface area contributed by atoms with Crippen LogP contribution in [0.25, 0.3) is 0 Å². The lowest BCUT2D eigenvalue weighted by Crippen LogP contribution is -2.46. The van der Waals surface area contributed by atoms with Crippen LogP contribution >= 0.6 is 28.3 Å². The van der Waals surface area contributed by atoms with Crippen LogP contribution in [0.3, 0.4) is 0 Å². The predicted molar refractivity (Wildman–Crippen MR) is 102 cm³/mol. The first kappa shape index (κ1) is 20.5. The van der Waals surface area contributed by atoms with Gasteiger partial charge in [0.1, 0.15) is 5.75 Å². The molecule has 0 bridgehead atoms. The lowest BCUT2D eigenvalue weighted by Gasteiger charge is -2.23. The van der Waals surface area contributed by atoms with Crippen LogP contribution in [-0.2, 0) is 4.79 Å². The minimum absolute atomic E-state index is 0. The fourth-order valence-electron chi connectivity index (χ4n) is 1.98. The second-order valence-corrected chi connectivity index (χ2v) is 6.90. The summed E-state index contributed by atoms with van der Waals surface area (Å²) in [6.45, 7) is 4.09. The Morgan fingerprint density at radius 1 is 1.17 bits per heavy atom. The monoisotopic (exact) mass is 412 g/mol. The minimum atomic E-state index is -0.739. The van der Waals surface area contributed by atoms with Gasteiger partial charge in [-0.15, -0.1) is 12.4 Å². The van der Waals surface area contributed by atoms with Crippen LogP contribution in [0.1, 0.15) is 25.5 Å². The molecule has 0 fully saturated rings. The third-order valence-corrected chi connectivity index (χ3v) is 3.80. The first-order valence-electron chi connectivity index (χ1n) is 7.39. The maximum absolute atomic E-state index is 12.6. The van der Waals surface area contributed by atoms with E-state index in [-0.39, 0.29) is 18.3 Å². The Morgan fingerprint density at radius 2 is 1.75 bits per heavy atom. The molecular weight excluding hydrogens is 392 g/mol. The first-order chi connectivity index (χ1) is 10.9. The van der Waals surface area contributed by atoms with Crippen LogP contribution < -0.4 is 15.8 Å². The zero-order valence-electron chi connectivity index (χ0n) is 13.7. The molecule has 2 rings (SSSR count). The van der Waals surface area contributed by atoms with Gasteiger partial charge in [-0.3, -0.25) is 4.79 Å². The van der Waals surface area contributed by atoms with Gasteiger partial charge in [0.15, 0.2) is 0 Å². The van der Waals surface area contributed by atoms with E-state index in [0.717, 1.165) is 10.0 Å². The molecule has 24 heavy (non-hydrogen) atoms. The maximum Gasteiger partial charge on any atom is 0.265 e. The molecule has 0 heterocycles. The standard InChI is InChI=1S/C18H21BrN2O2.ClH/c1-18(2,20)12-21-17(22)16(13-8-4-3-5-9-13)23-15-11-7-6-10-14(15)19;/h3-11,16H,12,20H2,1-2H3,(H,21,22);1H. The third kappa shape index (κ3) is 6.15.